The fraction of sp³-hybridized carbons (Fsp3) is 0.562. The molecule has 1 aliphatic carbocycles. The molecule has 1 aromatic rings. The van der Waals surface area contributed by atoms with Crippen LogP contribution in [0.3, 0.4) is 0 Å². The summed E-state index contributed by atoms with van der Waals surface area (Å²) in [6.45, 7) is 0.736. The monoisotopic (exact) mass is 274 g/mol. The number of aliphatic hydroxyl groups excluding tert-OH is 1. The molecule has 1 amide bonds. The second-order valence-electron chi connectivity index (χ2n) is 5.98. The first-order valence-electron chi connectivity index (χ1n) is 7.52. The molecule has 1 fully saturated rings. The van der Waals surface area contributed by atoms with E-state index in [1.807, 2.05) is 18.2 Å². The van der Waals surface area contributed by atoms with Crippen molar-refractivity contribution in [1.82, 2.24) is 5.32 Å². The van der Waals surface area contributed by atoms with Crippen molar-refractivity contribution in [2.75, 3.05) is 11.9 Å². The van der Waals surface area contributed by atoms with E-state index in [9.17, 15) is 9.90 Å². The highest BCUT2D eigenvalue weighted by Crippen LogP contribution is 2.26. The first-order valence-corrected chi connectivity index (χ1v) is 7.52. The van der Waals surface area contributed by atoms with Crippen molar-refractivity contribution in [3.63, 3.8) is 0 Å². The molecule has 1 aliphatic heterocycles. The van der Waals surface area contributed by atoms with Gasteiger partial charge in [-0.1, -0.05) is 18.2 Å². The van der Waals surface area contributed by atoms with Crippen molar-refractivity contribution in [1.29, 1.82) is 0 Å². The number of hydrogen-bond acceptors (Lipinski definition) is 3. The Hall–Kier alpha value is -1.55. The van der Waals surface area contributed by atoms with Crippen molar-refractivity contribution in [2.24, 2.45) is 5.92 Å². The van der Waals surface area contributed by atoms with Crippen molar-refractivity contribution in [2.45, 2.75) is 44.2 Å². The van der Waals surface area contributed by atoms with Gasteiger partial charge >= 0.3 is 0 Å². The minimum Gasteiger partial charge on any atom is -0.393 e. The molecule has 0 aromatic heterocycles. The van der Waals surface area contributed by atoms with Crippen molar-refractivity contribution < 1.29 is 9.90 Å². The van der Waals surface area contributed by atoms with Crippen LogP contribution in [0.25, 0.3) is 0 Å². The maximum absolute atomic E-state index is 12.2. The van der Waals surface area contributed by atoms with Gasteiger partial charge in [0.2, 0.25) is 5.91 Å². The van der Waals surface area contributed by atoms with Crippen LogP contribution in [0.15, 0.2) is 24.3 Å². The summed E-state index contributed by atoms with van der Waals surface area (Å²) in [6, 6.07) is 7.94. The standard InChI is InChI=1S/C16H22N2O2/c19-13-7-5-11(6-8-13)10-17-16(20)15-9-12-3-1-2-4-14(12)18-15/h1-4,11,13,15,18-19H,5-10H2,(H,17,20). The maximum Gasteiger partial charge on any atom is 0.242 e. The topological polar surface area (TPSA) is 61.4 Å². The average molecular weight is 274 g/mol. The number of para-hydroxylation sites is 1. The van der Waals surface area contributed by atoms with Gasteiger partial charge in [0, 0.05) is 18.7 Å². The molecule has 4 heteroatoms. The Morgan fingerprint density at radius 3 is 2.75 bits per heavy atom. The molecule has 4 nitrogen and oxygen atoms in total. The lowest BCUT2D eigenvalue weighted by molar-refractivity contribution is -0.122. The Morgan fingerprint density at radius 1 is 1.25 bits per heavy atom. The van der Waals surface area contributed by atoms with Gasteiger partial charge in [0.1, 0.15) is 6.04 Å². The fourth-order valence-electron chi connectivity index (χ4n) is 3.17. The lowest BCUT2D eigenvalue weighted by Gasteiger charge is -2.26. The zero-order valence-electron chi connectivity index (χ0n) is 11.6. The summed E-state index contributed by atoms with van der Waals surface area (Å²) in [5.74, 6) is 0.610. The summed E-state index contributed by atoms with van der Waals surface area (Å²) in [4.78, 5) is 12.2. The Labute approximate surface area is 119 Å². The van der Waals surface area contributed by atoms with E-state index in [-0.39, 0.29) is 18.1 Å². The van der Waals surface area contributed by atoms with Gasteiger partial charge in [-0.25, -0.2) is 0 Å². The molecular weight excluding hydrogens is 252 g/mol. The first kappa shape index (κ1) is 13.4. The van der Waals surface area contributed by atoms with Crippen molar-refractivity contribution in [3.8, 4) is 0 Å². The lowest BCUT2D eigenvalue weighted by atomic mass is 9.87. The number of aliphatic hydroxyl groups is 1. The van der Waals surface area contributed by atoms with Gasteiger partial charge < -0.3 is 15.7 Å². The zero-order chi connectivity index (χ0) is 13.9. The maximum atomic E-state index is 12.2. The Kier molecular flexibility index (Phi) is 3.92. The minimum absolute atomic E-state index is 0.0901. The molecule has 2 aliphatic rings. The molecule has 108 valence electrons. The van der Waals surface area contributed by atoms with Gasteiger partial charge in [-0.15, -0.1) is 0 Å². The number of anilines is 1. The molecule has 1 atom stereocenters. The molecule has 0 bridgehead atoms. The summed E-state index contributed by atoms with van der Waals surface area (Å²) < 4.78 is 0. The van der Waals surface area contributed by atoms with Gasteiger partial charge in [-0.05, 0) is 43.2 Å². The van der Waals surface area contributed by atoms with Crippen LogP contribution in [-0.2, 0) is 11.2 Å². The molecule has 0 radical (unpaired) electrons. The summed E-state index contributed by atoms with van der Waals surface area (Å²) in [5, 5.41) is 15.8. The fourth-order valence-corrected chi connectivity index (χ4v) is 3.17. The van der Waals surface area contributed by atoms with Crippen LogP contribution in [0.4, 0.5) is 5.69 Å². The minimum atomic E-state index is -0.137. The van der Waals surface area contributed by atoms with Gasteiger partial charge in [0.25, 0.3) is 0 Å². The van der Waals surface area contributed by atoms with Crippen LogP contribution >= 0.6 is 0 Å². The van der Waals surface area contributed by atoms with Gasteiger partial charge in [-0.3, -0.25) is 4.79 Å². The third-order valence-electron chi connectivity index (χ3n) is 4.47. The largest absolute Gasteiger partial charge is 0.393 e. The number of hydrogen-bond donors (Lipinski definition) is 3. The highest BCUT2D eigenvalue weighted by Gasteiger charge is 2.27. The summed E-state index contributed by atoms with van der Waals surface area (Å²) in [5.41, 5.74) is 2.29. The van der Waals surface area contributed by atoms with Crippen LogP contribution in [0.2, 0.25) is 0 Å². The summed E-state index contributed by atoms with van der Waals surface area (Å²) in [7, 11) is 0. The van der Waals surface area contributed by atoms with Gasteiger partial charge in [0.15, 0.2) is 0 Å². The second kappa shape index (κ2) is 5.83. The molecular formula is C16H22N2O2. The Morgan fingerprint density at radius 2 is 2.00 bits per heavy atom. The van der Waals surface area contributed by atoms with Gasteiger partial charge in [-0.2, -0.15) is 0 Å². The number of nitrogens with one attached hydrogen (secondary N) is 2. The highest BCUT2D eigenvalue weighted by molar-refractivity contribution is 5.87. The summed E-state index contributed by atoms with van der Waals surface area (Å²) >= 11 is 0. The van der Waals surface area contributed by atoms with Crippen molar-refractivity contribution >= 4 is 11.6 Å². The molecule has 0 spiro atoms. The van der Waals surface area contributed by atoms with Crippen LogP contribution in [0.5, 0.6) is 0 Å². The molecule has 1 saturated carbocycles. The number of carbonyl (C=O) groups excluding carboxylic acids is 1. The molecule has 3 N–H and O–H groups in total. The van der Waals surface area contributed by atoms with Gasteiger partial charge in [0.05, 0.1) is 6.10 Å². The van der Waals surface area contributed by atoms with E-state index in [2.05, 4.69) is 16.7 Å². The first-order chi connectivity index (χ1) is 9.72. The molecule has 1 heterocycles. The smallest absolute Gasteiger partial charge is 0.242 e. The normalized spacial score (nSPS) is 28.6. The molecule has 1 aromatic carbocycles. The molecule has 1 unspecified atom stereocenters. The average Bonchev–Trinajstić information content (AvgIpc) is 2.90. The van der Waals surface area contributed by atoms with Crippen molar-refractivity contribution in [3.05, 3.63) is 29.8 Å². The Balaban J connectivity index is 1.47. The van der Waals surface area contributed by atoms with E-state index in [1.165, 1.54) is 5.56 Å². The van der Waals surface area contributed by atoms with E-state index >= 15 is 0 Å². The van der Waals surface area contributed by atoms with Crippen LogP contribution < -0.4 is 10.6 Å². The third-order valence-corrected chi connectivity index (χ3v) is 4.47. The third kappa shape index (κ3) is 2.96. The van der Waals surface area contributed by atoms with E-state index in [1.54, 1.807) is 0 Å². The molecule has 0 saturated heterocycles. The predicted molar refractivity (Wildman–Crippen MR) is 78.5 cm³/mol. The number of benzene rings is 1. The molecule has 3 rings (SSSR count). The number of fused-ring (bicyclic) bond motifs is 1. The number of amides is 1. The van der Waals surface area contributed by atoms with Crippen LogP contribution in [0, 0.1) is 5.92 Å². The lowest BCUT2D eigenvalue weighted by Crippen LogP contribution is -2.41. The zero-order valence-corrected chi connectivity index (χ0v) is 11.6. The number of carbonyl (C=O) groups is 1. The van der Waals surface area contributed by atoms with E-state index < -0.39 is 0 Å². The Bertz CT molecular complexity index is 456. The molecule has 20 heavy (non-hydrogen) atoms. The number of rotatable bonds is 3. The SMILES string of the molecule is O=C(NCC1CCC(O)CC1)C1Cc2ccccc2N1. The van der Waals surface area contributed by atoms with E-state index in [4.69, 9.17) is 0 Å². The van der Waals surface area contributed by atoms with Crippen LogP contribution in [0.1, 0.15) is 31.2 Å². The second-order valence-corrected chi connectivity index (χ2v) is 5.98. The van der Waals surface area contributed by atoms with E-state index in [0.29, 0.717) is 5.92 Å². The predicted octanol–water partition coefficient (Wildman–Crippen LogP) is 1.69. The highest BCUT2D eigenvalue weighted by atomic mass is 16.3. The van der Waals surface area contributed by atoms with E-state index in [0.717, 1.165) is 44.3 Å². The summed E-state index contributed by atoms with van der Waals surface area (Å²) in [6.07, 6.45) is 4.40. The van der Waals surface area contributed by atoms with Crippen LogP contribution in [-0.4, -0.2) is 29.7 Å². The quantitative estimate of drug-likeness (QED) is 0.786.